The minimum absolute atomic E-state index is 0.0391. The summed E-state index contributed by atoms with van der Waals surface area (Å²) in [5, 5.41) is 0. The molecule has 1 aromatic carbocycles. The fourth-order valence-electron chi connectivity index (χ4n) is 3.69. The van der Waals surface area contributed by atoms with Gasteiger partial charge in [-0.1, -0.05) is 18.6 Å². The Morgan fingerprint density at radius 2 is 1.96 bits per heavy atom. The van der Waals surface area contributed by atoms with E-state index in [1.54, 1.807) is 0 Å². The van der Waals surface area contributed by atoms with Gasteiger partial charge in [0.25, 0.3) is 0 Å². The third-order valence-electron chi connectivity index (χ3n) is 4.98. The smallest absolute Gasteiger partial charge is 0.227 e. The maximum Gasteiger partial charge on any atom is 0.227 e. The quantitative estimate of drug-likeness (QED) is 0.921. The Kier molecular flexibility index (Phi) is 5.06. The summed E-state index contributed by atoms with van der Waals surface area (Å²) in [5.41, 5.74) is 7.21. The predicted molar refractivity (Wildman–Crippen MR) is 91.7 cm³/mol. The van der Waals surface area contributed by atoms with Crippen molar-refractivity contribution in [3.8, 4) is 5.75 Å². The van der Waals surface area contributed by atoms with Crippen molar-refractivity contribution in [1.82, 2.24) is 4.90 Å². The average Bonchev–Trinajstić information content (AvgIpc) is 3.01. The van der Waals surface area contributed by atoms with Gasteiger partial charge in [0.05, 0.1) is 18.2 Å². The average molecular weight is 317 g/mol. The molecule has 2 aliphatic rings. The van der Waals surface area contributed by atoms with Crippen molar-refractivity contribution >= 4 is 11.6 Å². The van der Waals surface area contributed by atoms with Crippen LogP contribution in [0.25, 0.3) is 0 Å². The van der Waals surface area contributed by atoms with E-state index in [1.807, 2.05) is 30.0 Å². The fourth-order valence-corrected chi connectivity index (χ4v) is 3.69. The van der Waals surface area contributed by atoms with E-state index in [4.69, 9.17) is 10.5 Å². The first-order valence-electron chi connectivity index (χ1n) is 8.72. The van der Waals surface area contributed by atoms with Crippen LogP contribution in [0.5, 0.6) is 5.75 Å². The summed E-state index contributed by atoms with van der Waals surface area (Å²) in [6, 6.07) is 8.19. The second-order valence-electron chi connectivity index (χ2n) is 6.41. The number of nitrogens with zero attached hydrogens (tertiary/aromatic N) is 2. The first kappa shape index (κ1) is 16.1. The number of amides is 1. The molecule has 2 fully saturated rings. The number of nitrogens with two attached hydrogens (primary N) is 1. The molecular weight excluding hydrogens is 290 g/mol. The molecule has 2 atom stereocenters. The molecule has 0 bridgehead atoms. The van der Waals surface area contributed by atoms with Gasteiger partial charge in [-0.05, 0) is 31.9 Å². The highest BCUT2D eigenvalue weighted by molar-refractivity contribution is 5.80. The lowest BCUT2D eigenvalue weighted by molar-refractivity contribution is -0.136. The van der Waals surface area contributed by atoms with Crippen molar-refractivity contribution in [2.75, 3.05) is 37.7 Å². The van der Waals surface area contributed by atoms with Crippen LogP contribution < -0.4 is 15.4 Å². The lowest BCUT2D eigenvalue weighted by atomic mass is 10.0. The summed E-state index contributed by atoms with van der Waals surface area (Å²) in [7, 11) is 0. The highest BCUT2D eigenvalue weighted by atomic mass is 16.5. The van der Waals surface area contributed by atoms with Crippen molar-refractivity contribution in [2.45, 2.75) is 32.2 Å². The molecule has 0 unspecified atom stereocenters. The number of anilines is 1. The molecule has 1 heterocycles. The van der Waals surface area contributed by atoms with Gasteiger partial charge in [-0.25, -0.2) is 0 Å². The van der Waals surface area contributed by atoms with Crippen LogP contribution in [0.15, 0.2) is 24.3 Å². The highest BCUT2D eigenvalue weighted by Gasteiger charge is 2.34. The van der Waals surface area contributed by atoms with Crippen LogP contribution >= 0.6 is 0 Å². The van der Waals surface area contributed by atoms with Crippen molar-refractivity contribution in [3.63, 3.8) is 0 Å². The van der Waals surface area contributed by atoms with Gasteiger partial charge in [0, 0.05) is 32.2 Å². The number of carbonyl (C=O) groups is 1. The van der Waals surface area contributed by atoms with Crippen LogP contribution in [-0.2, 0) is 4.79 Å². The van der Waals surface area contributed by atoms with Crippen molar-refractivity contribution in [1.29, 1.82) is 0 Å². The Bertz CT molecular complexity index is 541. The Morgan fingerprint density at radius 1 is 1.22 bits per heavy atom. The van der Waals surface area contributed by atoms with Crippen LogP contribution in [0.2, 0.25) is 0 Å². The minimum Gasteiger partial charge on any atom is -0.492 e. The summed E-state index contributed by atoms with van der Waals surface area (Å²) in [6.45, 7) is 5.88. The number of rotatable bonds is 4. The van der Waals surface area contributed by atoms with Gasteiger partial charge in [-0.3, -0.25) is 4.79 Å². The molecular formula is C18H27N3O2. The van der Waals surface area contributed by atoms with Gasteiger partial charge in [-0.15, -0.1) is 0 Å². The normalized spacial score (nSPS) is 24.8. The largest absolute Gasteiger partial charge is 0.492 e. The lowest BCUT2D eigenvalue weighted by Crippen LogP contribution is -2.52. The molecule has 0 radical (unpaired) electrons. The van der Waals surface area contributed by atoms with Gasteiger partial charge in [0.15, 0.2) is 0 Å². The van der Waals surface area contributed by atoms with Crippen molar-refractivity contribution < 1.29 is 9.53 Å². The van der Waals surface area contributed by atoms with Crippen LogP contribution in [0, 0.1) is 5.92 Å². The SMILES string of the molecule is CCOc1ccccc1N1CCN(C(=O)[C@@H]2CCC[C@@H]2N)CC1. The molecule has 5 heteroatoms. The van der Waals surface area contributed by atoms with E-state index in [0.29, 0.717) is 6.61 Å². The van der Waals surface area contributed by atoms with Crippen molar-refractivity contribution in [2.24, 2.45) is 11.7 Å². The van der Waals surface area contributed by atoms with E-state index in [9.17, 15) is 4.79 Å². The van der Waals surface area contributed by atoms with Gasteiger partial charge >= 0.3 is 0 Å². The Morgan fingerprint density at radius 3 is 2.61 bits per heavy atom. The summed E-state index contributed by atoms with van der Waals surface area (Å²) < 4.78 is 5.72. The Balaban J connectivity index is 1.61. The molecule has 0 aromatic heterocycles. The number of hydrogen-bond donors (Lipinski definition) is 1. The number of hydrogen-bond acceptors (Lipinski definition) is 4. The molecule has 3 rings (SSSR count). The second kappa shape index (κ2) is 7.21. The van der Waals surface area contributed by atoms with Gasteiger partial charge in [-0.2, -0.15) is 0 Å². The zero-order valence-electron chi connectivity index (χ0n) is 13.9. The van der Waals surface area contributed by atoms with Crippen LogP contribution in [0.1, 0.15) is 26.2 Å². The molecule has 1 aromatic rings. The van der Waals surface area contributed by atoms with Gasteiger partial charge in [0.1, 0.15) is 5.75 Å². The topological polar surface area (TPSA) is 58.8 Å². The Hall–Kier alpha value is -1.75. The molecule has 1 aliphatic carbocycles. The van der Waals surface area contributed by atoms with Gasteiger partial charge < -0.3 is 20.3 Å². The predicted octanol–water partition coefficient (Wildman–Crippen LogP) is 1.86. The first-order chi connectivity index (χ1) is 11.2. The summed E-state index contributed by atoms with van der Waals surface area (Å²) >= 11 is 0. The number of ether oxygens (including phenoxy) is 1. The fraction of sp³-hybridized carbons (Fsp3) is 0.611. The highest BCUT2D eigenvalue weighted by Crippen LogP contribution is 2.30. The number of piperazine rings is 1. The monoisotopic (exact) mass is 317 g/mol. The first-order valence-corrected chi connectivity index (χ1v) is 8.72. The summed E-state index contributed by atoms with van der Waals surface area (Å²) in [4.78, 5) is 16.9. The van der Waals surface area contributed by atoms with E-state index < -0.39 is 0 Å². The third-order valence-corrected chi connectivity index (χ3v) is 4.98. The minimum atomic E-state index is 0.0391. The summed E-state index contributed by atoms with van der Waals surface area (Å²) in [6.07, 6.45) is 3.02. The van der Waals surface area contributed by atoms with E-state index in [2.05, 4.69) is 11.0 Å². The zero-order valence-corrected chi connectivity index (χ0v) is 13.9. The molecule has 5 nitrogen and oxygen atoms in total. The van der Waals surface area contributed by atoms with Crippen molar-refractivity contribution in [3.05, 3.63) is 24.3 Å². The maximum absolute atomic E-state index is 12.6. The van der Waals surface area contributed by atoms with Crippen LogP contribution in [-0.4, -0.2) is 49.6 Å². The lowest BCUT2D eigenvalue weighted by Gasteiger charge is -2.38. The van der Waals surface area contributed by atoms with E-state index in [-0.39, 0.29) is 17.9 Å². The second-order valence-corrected chi connectivity index (χ2v) is 6.41. The Labute approximate surface area is 138 Å². The van der Waals surface area contributed by atoms with Crippen LogP contribution in [0.3, 0.4) is 0 Å². The molecule has 2 N–H and O–H groups in total. The summed E-state index contributed by atoms with van der Waals surface area (Å²) in [5.74, 6) is 1.22. The molecule has 1 aliphatic heterocycles. The van der Waals surface area contributed by atoms with Gasteiger partial charge in [0.2, 0.25) is 5.91 Å². The van der Waals surface area contributed by atoms with E-state index in [1.165, 1.54) is 0 Å². The number of para-hydroxylation sites is 2. The van der Waals surface area contributed by atoms with E-state index >= 15 is 0 Å². The molecule has 126 valence electrons. The molecule has 23 heavy (non-hydrogen) atoms. The molecule has 1 saturated heterocycles. The number of carbonyl (C=O) groups excluding carboxylic acids is 1. The number of benzene rings is 1. The standard InChI is InChI=1S/C18H27N3O2/c1-2-23-17-9-4-3-8-16(17)20-10-12-21(13-11-20)18(22)14-6-5-7-15(14)19/h3-4,8-9,14-15H,2,5-7,10-13,19H2,1H3/t14-,15+/m1/s1. The van der Waals surface area contributed by atoms with Crippen LogP contribution in [0.4, 0.5) is 5.69 Å². The maximum atomic E-state index is 12.6. The zero-order chi connectivity index (χ0) is 16.2. The molecule has 1 saturated carbocycles. The molecule has 0 spiro atoms. The third kappa shape index (κ3) is 3.44. The van der Waals surface area contributed by atoms with E-state index in [0.717, 1.165) is 56.9 Å². The molecule has 1 amide bonds.